The lowest BCUT2D eigenvalue weighted by Gasteiger charge is -2.34. The first-order valence-corrected chi connectivity index (χ1v) is 13.4. The Kier molecular flexibility index (Phi) is 8.53. The molecular weight excluding hydrogens is 493 g/mol. The third kappa shape index (κ3) is 6.13. The average molecular weight is 525 g/mol. The fourth-order valence-corrected chi connectivity index (χ4v) is 6.36. The van der Waals surface area contributed by atoms with Gasteiger partial charge in [-0.25, -0.2) is 4.79 Å². The second-order valence-electron chi connectivity index (χ2n) is 9.13. The van der Waals surface area contributed by atoms with Crippen LogP contribution in [0.1, 0.15) is 46.6 Å². The molecule has 9 heteroatoms. The lowest BCUT2D eigenvalue weighted by Crippen LogP contribution is -2.48. The van der Waals surface area contributed by atoms with Crippen molar-refractivity contribution in [2.45, 2.75) is 39.7 Å². The standard InChI is InChI=1S/C25H31Cl2N3O3S/c1-3-33-25(32)23-18-6-4-16(2)12-21(18)34-24(23)28-22(31)15-30-10-8-29(9-11-30)14-17-5-7-19(26)20(27)13-17/h5,7,13,16H,3-4,6,8-12,14-15H2,1-2H3,(H,28,31). The first-order chi connectivity index (χ1) is 16.3. The zero-order chi connectivity index (χ0) is 24.2. The molecule has 0 spiro atoms. The van der Waals surface area contributed by atoms with Crippen molar-refractivity contribution in [3.8, 4) is 0 Å². The van der Waals surface area contributed by atoms with E-state index in [9.17, 15) is 9.59 Å². The molecule has 4 rings (SSSR count). The smallest absolute Gasteiger partial charge is 0.341 e. The van der Waals surface area contributed by atoms with E-state index in [4.69, 9.17) is 27.9 Å². The molecule has 2 aliphatic rings. The maximum absolute atomic E-state index is 12.9. The van der Waals surface area contributed by atoms with Crippen LogP contribution in [0.2, 0.25) is 10.0 Å². The van der Waals surface area contributed by atoms with Crippen molar-refractivity contribution in [2.75, 3.05) is 44.6 Å². The molecule has 1 atom stereocenters. The van der Waals surface area contributed by atoms with Crippen LogP contribution in [0.15, 0.2) is 18.2 Å². The van der Waals surface area contributed by atoms with E-state index in [2.05, 4.69) is 22.0 Å². The highest BCUT2D eigenvalue weighted by atomic mass is 35.5. The van der Waals surface area contributed by atoms with Gasteiger partial charge in [0.2, 0.25) is 5.91 Å². The van der Waals surface area contributed by atoms with E-state index in [0.29, 0.717) is 39.7 Å². The van der Waals surface area contributed by atoms with E-state index < -0.39 is 0 Å². The Morgan fingerprint density at radius 2 is 1.88 bits per heavy atom. The molecule has 1 unspecified atom stereocenters. The molecule has 1 aromatic carbocycles. The number of fused-ring (bicyclic) bond motifs is 1. The summed E-state index contributed by atoms with van der Waals surface area (Å²) in [5, 5.41) is 4.80. The predicted octanol–water partition coefficient (Wildman–Crippen LogP) is 5.11. The van der Waals surface area contributed by atoms with E-state index in [1.807, 2.05) is 18.2 Å². The van der Waals surface area contributed by atoms with Crippen molar-refractivity contribution in [1.29, 1.82) is 0 Å². The molecule has 1 amide bonds. The Morgan fingerprint density at radius 1 is 1.15 bits per heavy atom. The molecule has 1 aromatic heterocycles. The Bertz CT molecular complexity index is 1050. The van der Waals surface area contributed by atoms with E-state index in [0.717, 1.165) is 63.1 Å². The fraction of sp³-hybridized carbons (Fsp3) is 0.520. The minimum absolute atomic E-state index is 0.0878. The Balaban J connectivity index is 1.33. The van der Waals surface area contributed by atoms with Gasteiger partial charge in [0.15, 0.2) is 0 Å². The predicted molar refractivity (Wildman–Crippen MR) is 138 cm³/mol. The molecule has 0 saturated carbocycles. The van der Waals surface area contributed by atoms with Gasteiger partial charge in [-0.15, -0.1) is 11.3 Å². The molecule has 1 aliphatic carbocycles. The number of nitrogens with zero attached hydrogens (tertiary/aromatic N) is 2. The van der Waals surface area contributed by atoms with Gasteiger partial charge < -0.3 is 10.1 Å². The fourth-order valence-electron chi connectivity index (χ4n) is 4.63. The molecule has 1 saturated heterocycles. The van der Waals surface area contributed by atoms with Gasteiger partial charge in [0.25, 0.3) is 0 Å². The second kappa shape index (κ2) is 11.4. The normalized spacial score (nSPS) is 19.0. The number of piperazine rings is 1. The molecule has 184 valence electrons. The highest BCUT2D eigenvalue weighted by molar-refractivity contribution is 7.17. The highest BCUT2D eigenvalue weighted by Gasteiger charge is 2.29. The van der Waals surface area contributed by atoms with Crippen LogP contribution in [-0.4, -0.2) is 61.0 Å². The molecule has 0 bridgehead atoms. The topological polar surface area (TPSA) is 61.9 Å². The highest BCUT2D eigenvalue weighted by Crippen LogP contribution is 2.40. The number of rotatable bonds is 7. The van der Waals surface area contributed by atoms with Crippen molar-refractivity contribution in [3.63, 3.8) is 0 Å². The molecule has 2 aromatic rings. The van der Waals surface area contributed by atoms with Crippen LogP contribution in [0.3, 0.4) is 0 Å². The Hall–Kier alpha value is -1.64. The number of esters is 1. The number of nitrogens with one attached hydrogen (secondary N) is 1. The van der Waals surface area contributed by atoms with E-state index in [-0.39, 0.29) is 11.9 Å². The Labute approximate surface area is 215 Å². The number of carbonyl (C=O) groups is 2. The number of halogens is 2. The van der Waals surface area contributed by atoms with Crippen LogP contribution in [0.25, 0.3) is 0 Å². The van der Waals surface area contributed by atoms with Crippen LogP contribution in [0, 0.1) is 5.92 Å². The van der Waals surface area contributed by atoms with Crippen LogP contribution < -0.4 is 5.32 Å². The first kappa shape index (κ1) is 25.5. The summed E-state index contributed by atoms with van der Waals surface area (Å²) in [4.78, 5) is 31.3. The zero-order valence-electron chi connectivity index (χ0n) is 19.7. The minimum atomic E-state index is -0.333. The monoisotopic (exact) mass is 523 g/mol. The molecule has 6 nitrogen and oxygen atoms in total. The summed E-state index contributed by atoms with van der Waals surface area (Å²) in [5.74, 6) is 0.167. The van der Waals surface area contributed by atoms with E-state index in [1.165, 1.54) is 16.2 Å². The lowest BCUT2D eigenvalue weighted by molar-refractivity contribution is -0.117. The largest absolute Gasteiger partial charge is 0.462 e. The van der Waals surface area contributed by atoms with Gasteiger partial charge in [-0.3, -0.25) is 14.6 Å². The molecule has 0 radical (unpaired) electrons. The number of thiophene rings is 1. The Morgan fingerprint density at radius 3 is 2.59 bits per heavy atom. The van der Waals surface area contributed by atoms with Gasteiger partial charge in [0.1, 0.15) is 5.00 Å². The zero-order valence-corrected chi connectivity index (χ0v) is 22.0. The van der Waals surface area contributed by atoms with Crippen LogP contribution in [0.4, 0.5) is 5.00 Å². The quantitative estimate of drug-likeness (QED) is 0.510. The summed E-state index contributed by atoms with van der Waals surface area (Å²) in [6.45, 7) is 8.81. The summed E-state index contributed by atoms with van der Waals surface area (Å²) in [6.07, 6.45) is 2.86. The van der Waals surface area contributed by atoms with Gasteiger partial charge in [-0.2, -0.15) is 0 Å². The summed E-state index contributed by atoms with van der Waals surface area (Å²) >= 11 is 13.7. The molecule has 1 fully saturated rings. The molecule has 1 aliphatic heterocycles. The second-order valence-corrected chi connectivity index (χ2v) is 11.0. The van der Waals surface area contributed by atoms with Crippen molar-refractivity contribution >= 4 is 51.4 Å². The van der Waals surface area contributed by atoms with Gasteiger partial charge in [-0.1, -0.05) is 36.2 Å². The number of amides is 1. The van der Waals surface area contributed by atoms with Gasteiger partial charge in [-0.05, 0) is 55.4 Å². The summed E-state index contributed by atoms with van der Waals surface area (Å²) in [5.41, 5.74) is 2.75. The minimum Gasteiger partial charge on any atom is -0.462 e. The van der Waals surface area contributed by atoms with Gasteiger partial charge in [0, 0.05) is 37.6 Å². The van der Waals surface area contributed by atoms with Crippen LogP contribution in [-0.2, 0) is 28.9 Å². The van der Waals surface area contributed by atoms with Gasteiger partial charge >= 0.3 is 5.97 Å². The SMILES string of the molecule is CCOC(=O)c1c(NC(=O)CN2CCN(Cc3ccc(Cl)c(Cl)c3)CC2)sc2c1CCC(C)C2. The third-order valence-electron chi connectivity index (χ3n) is 6.47. The number of benzene rings is 1. The molecular formula is C25H31Cl2N3O3S. The van der Waals surface area contributed by atoms with Crippen molar-refractivity contribution in [1.82, 2.24) is 9.80 Å². The summed E-state index contributed by atoms with van der Waals surface area (Å²) < 4.78 is 5.31. The van der Waals surface area contributed by atoms with Crippen molar-refractivity contribution in [2.24, 2.45) is 5.92 Å². The third-order valence-corrected chi connectivity index (χ3v) is 8.38. The lowest BCUT2D eigenvalue weighted by atomic mass is 9.88. The number of ether oxygens (including phenoxy) is 1. The van der Waals surface area contributed by atoms with Crippen LogP contribution >= 0.6 is 34.5 Å². The number of anilines is 1. The first-order valence-electron chi connectivity index (χ1n) is 11.8. The summed E-state index contributed by atoms with van der Waals surface area (Å²) in [6, 6.07) is 5.73. The number of hydrogen-bond donors (Lipinski definition) is 1. The molecule has 2 heterocycles. The van der Waals surface area contributed by atoms with Crippen molar-refractivity contribution < 1.29 is 14.3 Å². The summed E-state index contributed by atoms with van der Waals surface area (Å²) in [7, 11) is 0. The van der Waals surface area contributed by atoms with Gasteiger partial charge in [0.05, 0.1) is 28.8 Å². The van der Waals surface area contributed by atoms with Crippen molar-refractivity contribution in [3.05, 3.63) is 49.8 Å². The van der Waals surface area contributed by atoms with Crippen LogP contribution in [0.5, 0.6) is 0 Å². The maximum Gasteiger partial charge on any atom is 0.341 e. The number of carbonyl (C=O) groups excluding carboxylic acids is 2. The van der Waals surface area contributed by atoms with E-state index >= 15 is 0 Å². The molecule has 34 heavy (non-hydrogen) atoms. The average Bonchev–Trinajstić information content (AvgIpc) is 3.14. The molecule has 1 N–H and O–H groups in total. The van der Waals surface area contributed by atoms with E-state index in [1.54, 1.807) is 6.92 Å². The number of hydrogen-bond acceptors (Lipinski definition) is 6. The maximum atomic E-state index is 12.9.